The quantitative estimate of drug-likeness (QED) is 0.761. The Kier molecular flexibility index (Phi) is 4.11. The van der Waals surface area contributed by atoms with Crippen molar-refractivity contribution in [3.05, 3.63) is 26.9 Å². The van der Waals surface area contributed by atoms with Crippen LogP contribution in [0.25, 0.3) is 10.9 Å². The van der Waals surface area contributed by atoms with Gasteiger partial charge in [-0.15, -0.1) is 0 Å². The maximum atomic E-state index is 15.0. The number of nitrogens with one attached hydrogen (secondary N) is 1. The first-order valence-corrected chi connectivity index (χ1v) is 9.28. The Hall–Kier alpha value is -1.86. The van der Waals surface area contributed by atoms with Gasteiger partial charge in [-0.25, -0.2) is 9.18 Å². The lowest BCUT2D eigenvalue weighted by Gasteiger charge is -2.46. The van der Waals surface area contributed by atoms with Crippen molar-refractivity contribution in [1.29, 1.82) is 0 Å². The van der Waals surface area contributed by atoms with E-state index in [1.165, 1.54) is 4.57 Å². The fraction of sp³-hybridized carbons (Fsp3) is 0.556. The van der Waals surface area contributed by atoms with Gasteiger partial charge in [0.25, 0.3) is 0 Å². The van der Waals surface area contributed by atoms with Crippen molar-refractivity contribution in [2.24, 2.45) is 7.05 Å². The van der Waals surface area contributed by atoms with Gasteiger partial charge in [0.05, 0.1) is 21.6 Å². The molecule has 2 atom stereocenters. The summed E-state index contributed by atoms with van der Waals surface area (Å²) in [6, 6.07) is 0.367. The van der Waals surface area contributed by atoms with Gasteiger partial charge >= 0.3 is 5.69 Å². The number of piperazine rings is 1. The second kappa shape index (κ2) is 6.09. The molecule has 26 heavy (non-hydrogen) atoms. The minimum absolute atomic E-state index is 0.163. The molecule has 1 saturated heterocycles. The number of likely N-dealkylation sites (N-methyl/N-ethyl adjacent to an activating group) is 1. The highest BCUT2D eigenvalue weighted by Gasteiger charge is 2.36. The zero-order valence-corrected chi connectivity index (χ0v) is 16.2. The molecular weight excluding hydrogens is 357 g/mol. The Bertz CT molecular complexity index is 959. The van der Waals surface area contributed by atoms with E-state index in [-0.39, 0.29) is 28.6 Å². The van der Waals surface area contributed by atoms with Gasteiger partial charge in [0.2, 0.25) is 0 Å². The third kappa shape index (κ3) is 2.41. The predicted molar refractivity (Wildman–Crippen MR) is 103 cm³/mol. The molecule has 140 valence electrons. The van der Waals surface area contributed by atoms with E-state index in [9.17, 15) is 4.79 Å². The van der Waals surface area contributed by atoms with Crippen LogP contribution in [0.5, 0.6) is 0 Å². The molecule has 0 spiro atoms. The largest absolute Gasteiger partial charge is 0.382 e. The summed E-state index contributed by atoms with van der Waals surface area (Å²) >= 11 is 6.48. The van der Waals surface area contributed by atoms with Crippen molar-refractivity contribution in [2.75, 3.05) is 36.9 Å². The summed E-state index contributed by atoms with van der Waals surface area (Å²) in [6.07, 6.45) is 0.841. The molecule has 0 amide bonds. The lowest BCUT2D eigenvalue weighted by molar-refractivity contribution is 0.227. The van der Waals surface area contributed by atoms with Gasteiger partial charge in [0.15, 0.2) is 5.82 Å². The van der Waals surface area contributed by atoms with Crippen LogP contribution in [0.3, 0.4) is 0 Å². The van der Waals surface area contributed by atoms with E-state index < -0.39 is 0 Å². The standard InChI is InChI=1S/C18H23ClFN5O/c1-9-7-23(3)8-11-5-6-21-15-12-16(13(19)10(2)14(15)20)24(4)18(26)22-17(12)25(9)11/h9,11,21H,5-8H2,1-4H3. The first-order valence-electron chi connectivity index (χ1n) is 8.90. The van der Waals surface area contributed by atoms with Gasteiger partial charge in [-0.05, 0) is 27.3 Å². The molecule has 1 aromatic carbocycles. The van der Waals surface area contributed by atoms with Crippen LogP contribution in [0.2, 0.25) is 5.02 Å². The van der Waals surface area contributed by atoms with Crippen molar-refractivity contribution >= 4 is 34.0 Å². The van der Waals surface area contributed by atoms with E-state index in [1.807, 2.05) is 0 Å². The second-order valence-corrected chi connectivity index (χ2v) is 7.85. The molecule has 2 unspecified atom stereocenters. The normalized spacial score (nSPS) is 23.4. The van der Waals surface area contributed by atoms with Gasteiger partial charge in [-0.1, -0.05) is 11.6 Å². The average Bonchev–Trinajstić information content (AvgIpc) is 2.56. The van der Waals surface area contributed by atoms with Gasteiger partial charge < -0.3 is 15.1 Å². The molecule has 6 nitrogen and oxygen atoms in total. The Morgan fingerprint density at radius 1 is 1.31 bits per heavy atom. The van der Waals surface area contributed by atoms with Crippen LogP contribution in [0.4, 0.5) is 15.9 Å². The molecule has 2 aromatic rings. The number of halogens is 2. The fourth-order valence-corrected chi connectivity index (χ4v) is 4.70. The molecule has 0 radical (unpaired) electrons. The number of hydrogen-bond acceptors (Lipinski definition) is 5. The SMILES string of the molecule is Cc1c(F)c2c3c(nc(=O)n(C)c3c1Cl)N1C(C)CN(C)CC1CCN2. The van der Waals surface area contributed by atoms with Crippen LogP contribution in [0, 0.1) is 12.7 Å². The van der Waals surface area contributed by atoms with Gasteiger partial charge in [0, 0.05) is 44.3 Å². The second-order valence-electron chi connectivity index (χ2n) is 7.48. The number of hydrogen-bond donors (Lipinski definition) is 1. The van der Waals surface area contributed by atoms with E-state index in [2.05, 4.69) is 34.1 Å². The zero-order chi connectivity index (χ0) is 18.7. The van der Waals surface area contributed by atoms with Gasteiger partial charge in [-0.2, -0.15) is 4.98 Å². The number of benzene rings is 1. The summed E-state index contributed by atoms with van der Waals surface area (Å²) < 4.78 is 16.5. The number of fused-ring (bicyclic) bond motifs is 2. The van der Waals surface area contributed by atoms with Crippen LogP contribution in [-0.4, -0.2) is 53.2 Å². The number of nitrogens with zero attached hydrogens (tertiary/aromatic N) is 4. The minimum Gasteiger partial charge on any atom is -0.382 e. The fourth-order valence-electron chi connectivity index (χ4n) is 4.40. The maximum absolute atomic E-state index is 15.0. The first-order chi connectivity index (χ1) is 12.3. The van der Waals surface area contributed by atoms with Crippen molar-refractivity contribution in [1.82, 2.24) is 14.5 Å². The molecule has 0 bridgehead atoms. The van der Waals surface area contributed by atoms with E-state index in [4.69, 9.17) is 11.6 Å². The summed E-state index contributed by atoms with van der Waals surface area (Å²) in [5.74, 6) is 0.168. The van der Waals surface area contributed by atoms with Crippen LogP contribution >= 0.6 is 11.6 Å². The lowest BCUT2D eigenvalue weighted by Crippen LogP contribution is -2.58. The molecule has 2 aliphatic heterocycles. The minimum atomic E-state index is -0.378. The number of anilines is 2. The highest BCUT2D eigenvalue weighted by Crippen LogP contribution is 2.42. The lowest BCUT2D eigenvalue weighted by atomic mass is 9.99. The third-order valence-corrected chi connectivity index (χ3v) is 6.07. The van der Waals surface area contributed by atoms with Gasteiger partial charge in [-0.3, -0.25) is 4.57 Å². The maximum Gasteiger partial charge on any atom is 0.349 e. The molecule has 1 N–H and O–H groups in total. The molecule has 2 aliphatic rings. The molecule has 0 saturated carbocycles. The Morgan fingerprint density at radius 2 is 2.04 bits per heavy atom. The highest BCUT2D eigenvalue weighted by atomic mass is 35.5. The molecule has 3 heterocycles. The summed E-state index contributed by atoms with van der Waals surface area (Å²) in [7, 11) is 3.73. The smallest absolute Gasteiger partial charge is 0.349 e. The average molecular weight is 380 g/mol. The molecule has 0 aliphatic carbocycles. The predicted octanol–water partition coefficient (Wildman–Crippen LogP) is 2.36. The summed E-state index contributed by atoms with van der Waals surface area (Å²) in [5, 5.41) is 4.11. The first kappa shape index (κ1) is 17.5. The van der Waals surface area contributed by atoms with E-state index in [0.29, 0.717) is 34.5 Å². The van der Waals surface area contributed by atoms with E-state index in [1.54, 1.807) is 14.0 Å². The van der Waals surface area contributed by atoms with E-state index >= 15 is 4.39 Å². The van der Waals surface area contributed by atoms with Gasteiger partial charge in [0.1, 0.15) is 5.82 Å². The molecular formula is C18H23ClFN5O. The monoisotopic (exact) mass is 379 g/mol. The topological polar surface area (TPSA) is 53.4 Å². The third-order valence-electron chi connectivity index (χ3n) is 5.61. The summed E-state index contributed by atoms with van der Waals surface area (Å²) in [5.41, 5.74) is 0.897. The van der Waals surface area contributed by atoms with Crippen molar-refractivity contribution in [3.63, 3.8) is 0 Å². The van der Waals surface area contributed by atoms with Crippen molar-refractivity contribution in [3.8, 4) is 0 Å². The Morgan fingerprint density at radius 3 is 2.77 bits per heavy atom. The van der Waals surface area contributed by atoms with Crippen LogP contribution < -0.4 is 15.9 Å². The van der Waals surface area contributed by atoms with E-state index in [0.717, 1.165) is 19.5 Å². The molecule has 1 fully saturated rings. The van der Waals surface area contributed by atoms with Crippen molar-refractivity contribution < 1.29 is 4.39 Å². The summed E-state index contributed by atoms with van der Waals surface area (Å²) in [4.78, 5) is 21.4. The van der Waals surface area contributed by atoms with Crippen molar-refractivity contribution in [2.45, 2.75) is 32.4 Å². The van der Waals surface area contributed by atoms with Crippen LogP contribution in [0.15, 0.2) is 4.79 Å². The highest BCUT2D eigenvalue weighted by molar-refractivity contribution is 6.37. The molecule has 8 heteroatoms. The van der Waals surface area contributed by atoms with Crippen LogP contribution in [-0.2, 0) is 7.05 Å². The Labute approximate surface area is 156 Å². The molecule has 1 aromatic heterocycles. The number of aromatic nitrogens is 2. The van der Waals surface area contributed by atoms with Crippen LogP contribution in [0.1, 0.15) is 18.9 Å². The summed E-state index contributed by atoms with van der Waals surface area (Å²) in [6.45, 7) is 6.15. The molecule has 4 rings (SSSR count). The number of rotatable bonds is 0. The number of aryl methyl sites for hydroxylation is 1. The zero-order valence-electron chi connectivity index (χ0n) is 15.4. The Balaban J connectivity index is 2.12.